The Bertz CT molecular complexity index is 786. The van der Waals surface area contributed by atoms with E-state index in [0.717, 1.165) is 56.0 Å². The molecule has 1 unspecified atom stereocenters. The van der Waals surface area contributed by atoms with Crippen molar-refractivity contribution in [2.45, 2.75) is 18.9 Å². The van der Waals surface area contributed by atoms with Gasteiger partial charge in [-0.05, 0) is 36.6 Å². The van der Waals surface area contributed by atoms with Crippen molar-refractivity contribution in [3.8, 4) is 5.75 Å². The maximum atomic E-state index is 12.2. The number of ether oxygens (including phenoxy) is 1. The van der Waals surface area contributed by atoms with Crippen LogP contribution in [0.15, 0.2) is 48.8 Å². The number of hydrogen-bond donors (Lipinski definition) is 1. The average Bonchev–Trinajstić information content (AvgIpc) is 3.60. The van der Waals surface area contributed by atoms with Gasteiger partial charge in [0.1, 0.15) is 5.75 Å². The topological polar surface area (TPSA) is 57.7 Å². The number of hydrogen-bond acceptors (Lipinski definition) is 5. The molecule has 2 fully saturated rings. The zero-order valence-electron chi connectivity index (χ0n) is 16.4. The molecule has 28 heavy (non-hydrogen) atoms. The maximum absolute atomic E-state index is 12.2. The fourth-order valence-electron chi connectivity index (χ4n) is 3.88. The summed E-state index contributed by atoms with van der Waals surface area (Å²) in [5, 5.41) is 3.16. The summed E-state index contributed by atoms with van der Waals surface area (Å²) in [5.74, 6) is 1.34. The second kappa shape index (κ2) is 8.61. The summed E-state index contributed by atoms with van der Waals surface area (Å²) in [6, 6.07) is 12.4. The molecule has 1 aliphatic carbocycles. The van der Waals surface area contributed by atoms with Crippen molar-refractivity contribution in [2.75, 3.05) is 44.7 Å². The Balaban J connectivity index is 1.43. The predicted molar refractivity (Wildman–Crippen MR) is 109 cm³/mol. The summed E-state index contributed by atoms with van der Waals surface area (Å²) in [5.41, 5.74) is 2.30. The van der Waals surface area contributed by atoms with Crippen LogP contribution in [-0.2, 0) is 4.79 Å². The first-order valence-electron chi connectivity index (χ1n) is 10.1. The highest BCUT2D eigenvalue weighted by Crippen LogP contribution is 2.31. The van der Waals surface area contributed by atoms with Crippen molar-refractivity contribution in [2.24, 2.45) is 5.92 Å². The van der Waals surface area contributed by atoms with E-state index in [1.54, 1.807) is 13.3 Å². The molecule has 1 amide bonds. The van der Waals surface area contributed by atoms with Gasteiger partial charge in [0.25, 0.3) is 0 Å². The van der Waals surface area contributed by atoms with Crippen molar-refractivity contribution in [3.63, 3.8) is 0 Å². The van der Waals surface area contributed by atoms with Crippen LogP contribution >= 0.6 is 0 Å². The van der Waals surface area contributed by atoms with Crippen molar-refractivity contribution in [3.05, 3.63) is 54.4 Å². The first kappa shape index (κ1) is 18.7. The quantitative estimate of drug-likeness (QED) is 0.800. The Labute approximate surface area is 166 Å². The summed E-state index contributed by atoms with van der Waals surface area (Å²) < 4.78 is 5.52. The number of benzene rings is 1. The molecule has 0 radical (unpaired) electrons. The number of para-hydroxylation sites is 2. The minimum atomic E-state index is 0.149. The average molecular weight is 380 g/mol. The van der Waals surface area contributed by atoms with Crippen LogP contribution in [0.3, 0.4) is 0 Å². The third-order valence-corrected chi connectivity index (χ3v) is 5.67. The number of anilines is 1. The van der Waals surface area contributed by atoms with Crippen LogP contribution in [0.1, 0.15) is 24.4 Å². The highest BCUT2D eigenvalue weighted by atomic mass is 16.5. The highest BCUT2D eigenvalue weighted by molar-refractivity contribution is 5.80. The normalized spacial score (nSPS) is 18.5. The van der Waals surface area contributed by atoms with E-state index < -0.39 is 0 Å². The number of methoxy groups -OCH3 is 1. The molecule has 2 aliphatic rings. The molecule has 1 aromatic heterocycles. The van der Waals surface area contributed by atoms with Gasteiger partial charge in [-0.15, -0.1) is 0 Å². The van der Waals surface area contributed by atoms with E-state index in [1.165, 1.54) is 0 Å². The molecule has 1 saturated carbocycles. The summed E-state index contributed by atoms with van der Waals surface area (Å²) in [6.45, 7) is 4.34. The van der Waals surface area contributed by atoms with E-state index >= 15 is 0 Å². The second-order valence-electron chi connectivity index (χ2n) is 7.52. The Morgan fingerprint density at radius 3 is 2.64 bits per heavy atom. The van der Waals surface area contributed by atoms with Crippen LogP contribution < -0.4 is 15.0 Å². The van der Waals surface area contributed by atoms with Crippen LogP contribution in [-0.4, -0.2) is 55.6 Å². The lowest BCUT2D eigenvalue weighted by Gasteiger charge is -2.40. The Morgan fingerprint density at radius 1 is 1.18 bits per heavy atom. The van der Waals surface area contributed by atoms with Crippen LogP contribution in [0.4, 0.5) is 5.69 Å². The summed E-state index contributed by atoms with van der Waals surface area (Å²) in [4.78, 5) is 21.3. The smallest absolute Gasteiger partial charge is 0.223 e. The molecule has 2 heterocycles. The SMILES string of the molecule is COc1ccccc1N1CCN(C(CNC(=O)C2CC2)c2cccnc2)CC1. The van der Waals surface area contributed by atoms with Gasteiger partial charge >= 0.3 is 0 Å². The van der Waals surface area contributed by atoms with Gasteiger partial charge in [0.05, 0.1) is 18.8 Å². The zero-order chi connectivity index (χ0) is 19.3. The molecule has 4 rings (SSSR count). The number of carbonyl (C=O) groups excluding carboxylic acids is 1. The minimum absolute atomic E-state index is 0.149. The first-order valence-corrected chi connectivity index (χ1v) is 10.1. The van der Waals surface area contributed by atoms with E-state index in [4.69, 9.17) is 4.74 Å². The van der Waals surface area contributed by atoms with E-state index in [1.807, 2.05) is 24.4 Å². The molecule has 6 heteroatoms. The zero-order valence-corrected chi connectivity index (χ0v) is 16.4. The fraction of sp³-hybridized carbons (Fsp3) is 0.455. The van der Waals surface area contributed by atoms with Crippen molar-refractivity contribution in [1.82, 2.24) is 15.2 Å². The van der Waals surface area contributed by atoms with Gasteiger partial charge in [0, 0.05) is 51.0 Å². The molecule has 0 spiro atoms. The maximum Gasteiger partial charge on any atom is 0.223 e. The van der Waals surface area contributed by atoms with Crippen LogP contribution in [0.2, 0.25) is 0 Å². The van der Waals surface area contributed by atoms with E-state index in [0.29, 0.717) is 6.54 Å². The Hall–Kier alpha value is -2.60. The largest absolute Gasteiger partial charge is 0.495 e. The molecular formula is C22H28N4O2. The van der Waals surface area contributed by atoms with Gasteiger partial charge in [0.15, 0.2) is 0 Å². The number of piperazine rings is 1. The van der Waals surface area contributed by atoms with E-state index in [9.17, 15) is 4.79 Å². The number of rotatable bonds is 7. The number of nitrogens with zero attached hydrogens (tertiary/aromatic N) is 3. The lowest BCUT2D eigenvalue weighted by atomic mass is 10.1. The minimum Gasteiger partial charge on any atom is -0.495 e. The molecule has 1 N–H and O–H groups in total. The van der Waals surface area contributed by atoms with Crippen molar-refractivity contribution >= 4 is 11.6 Å². The fourth-order valence-corrected chi connectivity index (χ4v) is 3.88. The molecule has 2 aromatic rings. The summed E-state index contributed by atoms with van der Waals surface area (Å²) in [7, 11) is 1.72. The first-order chi connectivity index (χ1) is 13.8. The number of carbonyl (C=O) groups is 1. The lowest BCUT2D eigenvalue weighted by Crippen LogP contribution is -2.50. The number of nitrogens with one attached hydrogen (secondary N) is 1. The van der Waals surface area contributed by atoms with Gasteiger partial charge < -0.3 is 15.0 Å². The van der Waals surface area contributed by atoms with E-state index in [-0.39, 0.29) is 17.9 Å². The third kappa shape index (κ3) is 4.28. The number of amides is 1. The predicted octanol–water partition coefficient (Wildman–Crippen LogP) is 2.48. The molecule has 148 valence electrons. The van der Waals surface area contributed by atoms with Crippen molar-refractivity contribution in [1.29, 1.82) is 0 Å². The summed E-state index contributed by atoms with van der Waals surface area (Å²) in [6.07, 6.45) is 5.77. The number of aromatic nitrogens is 1. The molecule has 0 bridgehead atoms. The molecule has 1 aliphatic heterocycles. The molecule has 6 nitrogen and oxygen atoms in total. The Kier molecular flexibility index (Phi) is 5.76. The van der Waals surface area contributed by atoms with Gasteiger partial charge in [-0.2, -0.15) is 0 Å². The molecular weight excluding hydrogens is 352 g/mol. The number of pyridine rings is 1. The van der Waals surface area contributed by atoms with Crippen LogP contribution in [0.25, 0.3) is 0 Å². The van der Waals surface area contributed by atoms with Crippen LogP contribution in [0.5, 0.6) is 5.75 Å². The Morgan fingerprint density at radius 2 is 1.96 bits per heavy atom. The standard InChI is InChI=1S/C22H28N4O2/c1-28-21-7-3-2-6-19(21)25-11-13-26(14-12-25)20(18-5-4-10-23-15-18)16-24-22(27)17-8-9-17/h2-7,10,15,17,20H,8-9,11-14,16H2,1H3,(H,24,27). The summed E-state index contributed by atoms with van der Waals surface area (Å²) >= 11 is 0. The monoisotopic (exact) mass is 380 g/mol. The lowest BCUT2D eigenvalue weighted by molar-refractivity contribution is -0.122. The second-order valence-corrected chi connectivity index (χ2v) is 7.52. The van der Waals surface area contributed by atoms with Gasteiger partial charge in [-0.25, -0.2) is 0 Å². The third-order valence-electron chi connectivity index (χ3n) is 5.67. The van der Waals surface area contributed by atoms with Crippen LogP contribution in [0, 0.1) is 5.92 Å². The molecule has 1 saturated heterocycles. The van der Waals surface area contributed by atoms with Gasteiger partial charge in [-0.1, -0.05) is 18.2 Å². The van der Waals surface area contributed by atoms with Crippen molar-refractivity contribution < 1.29 is 9.53 Å². The molecule has 1 aromatic carbocycles. The van der Waals surface area contributed by atoms with Gasteiger partial charge in [-0.3, -0.25) is 14.7 Å². The highest BCUT2D eigenvalue weighted by Gasteiger charge is 2.31. The molecule has 1 atom stereocenters. The van der Waals surface area contributed by atoms with E-state index in [2.05, 4.69) is 38.3 Å². The van der Waals surface area contributed by atoms with Gasteiger partial charge in [0.2, 0.25) is 5.91 Å².